The molecule has 0 spiro atoms. The van der Waals surface area contributed by atoms with E-state index in [1.54, 1.807) is 24.3 Å². The molecule has 37 heavy (non-hydrogen) atoms. The maximum atomic E-state index is 12.5. The second-order valence-corrected chi connectivity index (χ2v) is 18.1. The van der Waals surface area contributed by atoms with Crippen molar-refractivity contribution in [2.75, 3.05) is 11.5 Å². The number of unbranched alkanes of at least 4 members (excludes halogenated alkanes) is 2. The summed E-state index contributed by atoms with van der Waals surface area (Å²) in [6, 6.07) is 39.2. The van der Waals surface area contributed by atoms with Crippen LogP contribution in [-0.4, -0.2) is 12.1 Å². The van der Waals surface area contributed by atoms with Crippen molar-refractivity contribution in [3.63, 3.8) is 0 Å². The minimum atomic E-state index is -2.91. The molecular formula is C30H30BrN4OP. The monoisotopic (exact) mass is 572 g/mol. The van der Waals surface area contributed by atoms with E-state index in [2.05, 4.69) is 122 Å². The summed E-state index contributed by atoms with van der Waals surface area (Å²) in [4.78, 5) is 15.3. The number of nitrogens with zero attached hydrogens (tertiary/aromatic N) is 3. The van der Waals surface area contributed by atoms with Crippen LogP contribution in [0.25, 0.3) is 10.4 Å². The average molecular weight is 573 g/mol. The van der Waals surface area contributed by atoms with Crippen LogP contribution in [0.2, 0.25) is 0 Å². The van der Waals surface area contributed by atoms with Crippen molar-refractivity contribution in [2.45, 2.75) is 25.7 Å². The zero-order valence-corrected chi connectivity index (χ0v) is 23.1. The molecule has 0 atom stereocenters. The molecule has 0 aliphatic heterocycles. The molecule has 0 radical (unpaired) electrons. The fourth-order valence-electron chi connectivity index (χ4n) is 4.81. The van der Waals surface area contributed by atoms with E-state index in [0.717, 1.165) is 25.4 Å². The minimum absolute atomic E-state index is 0.0120. The van der Waals surface area contributed by atoms with Crippen molar-refractivity contribution in [1.82, 2.24) is 0 Å². The van der Waals surface area contributed by atoms with Gasteiger partial charge in [-0.3, -0.25) is 0 Å². The van der Waals surface area contributed by atoms with Gasteiger partial charge in [-0.15, -0.1) is 0 Å². The molecule has 1 N–H and O–H groups in total. The fourth-order valence-corrected chi connectivity index (χ4v) is 12.6. The van der Waals surface area contributed by atoms with Crippen LogP contribution in [0.5, 0.6) is 0 Å². The molecule has 0 unspecified atom stereocenters. The first-order chi connectivity index (χ1) is 18.0. The van der Waals surface area contributed by atoms with Gasteiger partial charge in [0.1, 0.15) is 0 Å². The van der Waals surface area contributed by atoms with Crippen molar-refractivity contribution in [1.29, 1.82) is 0 Å². The molecule has 4 aromatic rings. The molecule has 0 saturated heterocycles. The predicted molar refractivity (Wildman–Crippen MR) is 161 cm³/mol. The van der Waals surface area contributed by atoms with Gasteiger partial charge in [0.05, 0.1) is 0 Å². The van der Waals surface area contributed by atoms with Crippen molar-refractivity contribution >= 4 is 54.0 Å². The van der Waals surface area contributed by atoms with Gasteiger partial charge in [0.25, 0.3) is 0 Å². The number of rotatable bonds is 11. The van der Waals surface area contributed by atoms with Gasteiger partial charge in [0, 0.05) is 4.91 Å². The number of carbonyl (C=O) groups excluding carboxylic acids is 1. The Morgan fingerprint density at radius 1 is 0.730 bits per heavy atom. The van der Waals surface area contributed by atoms with E-state index in [9.17, 15) is 4.79 Å². The summed E-state index contributed by atoms with van der Waals surface area (Å²) >= 11 is 4.48. The van der Waals surface area contributed by atoms with E-state index in [-0.39, 0.29) is 5.91 Å². The number of benzene rings is 4. The molecule has 0 fully saturated rings. The Bertz CT molecular complexity index is 1260. The average Bonchev–Trinajstić information content (AvgIpc) is 2.95. The maximum absolute atomic E-state index is 12.5. The van der Waals surface area contributed by atoms with Gasteiger partial charge in [-0.2, -0.15) is 0 Å². The molecule has 0 bridgehead atoms. The molecule has 1 amide bonds. The number of amides is 1. The zero-order valence-electron chi connectivity index (χ0n) is 20.6. The van der Waals surface area contributed by atoms with Crippen LogP contribution in [0.15, 0.2) is 120 Å². The van der Waals surface area contributed by atoms with E-state index in [1.165, 1.54) is 15.9 Å². The molecule has 4 rings (SSSR count). The third-order valence-corrected chi connectivity index (χ3v) is 16.7. The third-order valence-electron chi connectivity index (χ3n) is 6.68. The number of azide groups is 1. The van der Waals surface area contributed by atoms with Crippen molar-refractivity contribution in [3.8, 4) is 0 Å². The Balaban J connectivity index is 1.49. The number of nitrogens with one attached hydrogen (secondary N) is 1. The molecule has 0 aliphatic rings. The Kier molecular flexibility index (Phi) is 8.78. The van der Waals surface area contributed by atoms with Crippen LogP contribution < -0.4 is 21.2 Å². The first kappa shape index (κ1) is 26.6. The second kappa shape index (κ2) is 12.2. The number of anilines is 1. The van der Waals surface area contributed by atoms with Crippen LogP contribution in [0.3, 0.4) is 0 Å². The molecule has 0 aromatic heterocycles. The molecule has 0 heterocycles. The molecule has 5 nitrogen and oxygen atoms in total. The van der Waals surface area contributed by atoms with Crippen LogP contribution in [0.1, 0.15) is 25.7 Å². The molecule has 188 valence electrons. The quantitative estimate of drug-likeness (QED) is 0.0638. The van der Waals surface area contributed by atoms with Crippen LogP contribution >= 0.6 is 20.8 Å². The molecule has 7 heteroatoms. The van der Waals surface area contributed by atoms with Crippen molar-refractivity contribution < 1.29 is 4.79 Å². The SMILES string of the molecule is [N-]=[N+]=Nc1ccc(NC(=O)CCCCCP(Br)(c2ccccc2)(c2ccccc2)c2ccccc2)cc1. The van der Waals surface area contributed by atoms with Gasteiger partial charge in [0.2, 0.25) is 0 Å². The van der Waals surface area contributed by atoms with Crippen LogP contribution in [0, 0.1) is 0 Å². The summed E-state index contributed by atoms with van der Waals surface area (Å²) in [5.74, 6) is -0.0120. The van der Waals surface area contributed by atoms with Gasteiger partial charge < -0.3 is 0 Å². The Hall–Kier alpha value is -3.43. The van der Waals surface area contributed by atoms with E-state index in [4.69, 9.17) is 5.53 Å². The van der Waals surface area contributed by atoms with E-state index < -0.39 is 5.31 Å². The number of carbonyl (C=O) groups is 1. The number of hydrogen-bond donors (Lipinski definition) is 1. The normalized spacial score (nSPS) is 12.1. The Morgan fingerprint density at radius 2 is 1.22 bits per heavy atom. The summed E-state index contributed by atoms with van der Waals surface area (Å²) in [6.45, 7) is 0. The standard InChI is InChI=1S/C30H30BrN4OP/c31-37(27-13-5-1-6-14-27,28-15-7-2-8-16-28,29-17-9-3-10-18-29)24-12-4-11-19-30(36)33-25-20-22-26(23-21-25)34-35-32/h1-3,5-10,13-18,20-23H,4,11-12,19,24H2,(H,33,36). The van der Waals surface area contributed by atoms with Crippen molar-refractivity contribution in [3.05, 3.63) is 126 Å². The van der Waals surface area contributed by atoms with E-state index in [1.807, 2.05) is 0 Å². The number of halogens is 1. The first-order valence-electron chi connectivity index (χ1n) is 12.4. The molecular weight excluding hydrogens is 543 g/mol. The third kappa shape index (κ3) is 5.94. The van der Waals surface area contributed by atoms with Gasteiger partial charge >= 0.3 is 216 Å². The first-order valence-corrected chi connectivity index (χ1v) is 16.8. The Labute approximate surface area is 226 Å². The number of hydrogen-bond acceptors (Lipinski definition) is 2. The van der Waals surface area contributed by atoms with Crippen LogP contribution in [-0.2, 0) is 4.79 Å². The predicted octanol–water partition coefficient (Wildman–Crippen LogP) is 7.97. The molecule has 4 aromatic carbocycles. The van der Waals surface area contributed by atoms with Crippen LogP contribution in [0.4, 0.5) is 11.4 Å². The summed E-state index contributed by atoms with van der Waals surface area (Å²) in [5, 5.41) is 7.51. The molecule has 0 saturated carbocycles. The summed E-state index contributed by atoms with van der Waals surface area (Å²) in [7, 11) is 0. The van der Waals surface area contributed by atoms with Gasteiger partial charge in [0.15, 0.2) is 0 Å². The van der Waals surface area contributed by atoms with Gasteiger partial charge in [-0.25, -0.2) is 0 Å². The van der Waals surface area contributed by atoms with Crippen molar-refractivity contribution in [2.24, 2.45) is 5.11 Å². The Morgan fingerprint density at radius 3 is 1.68 bits per heavy atom. The van der Waals surface area contributed by atoms with E-state index >= 15 is 0 Å². The summed E-state index contributed by atoms with van der Waals surface area (Å²) in [6.07, 6.45) is 4.15. The summed E-state index contributed by atoms with van der Waals surface area (Å²) < 4.78 is 0. The fraction of sp³-hybridized carbons (Fsp3) is 0.167. The summed E-state index contributed by atoms with van der Waals surface area (Å²) in [5.41, 5.74) is 9.74. The topological polar surface area (TPSA) is 77.9 Å². The second-order valence-electron chi connectivity index (χ2n) is 9.01. The van der Waals surface area contributed by atoms with E-state index in [0.29, 0.717) is 17.8 Å². The zero-order chi connectivity index (χ0) is 26.0. The van der Waals surface area contributed by atoms with Gasteiger partial charge in [-0.05, 0) is 5.53 Å². The molecule has 0 aliphatic carbocycles. The van der Waals surface area contributed by atoms with Gasteiger partial charge in [-0.1, -0.05) is 0 Å².